The number of nitrogens with zero attached hydrogens (tertiary/aromatic N) is 1. The predicted octanol–water partition coefficient (Wildman–Crippen LogP) is 3.08. The minimum absolute atomic E-state index is 0.0571. The van der Waals surface area contributed by atoms with Crippen molar-refractivity contribution >= 4 is 23.2 Å². The summed E-state index contributed by atoms with van der Waals surface area (Å²) in [6.45, 7) is 3.17. The average Bonchev–Trinajstić information content (AvgIpc) is 2.62. The van der Waals surface area contributed by atoms with Crippen molar-refractivity contribution in [1.82, 2.24) is 0 Å². The van der Waals surface area contributed by atoms with E-state index in [-0.39, 0.29) is 11.8 Å². The van der Waals surface area contributed by atoms with E-state index in [9.17, 15) is 9.59 Å². The topological polar surface area (TPSA) is 67.9 Å². The number of anilines is 2. The molecule has 132 valence electrons. The maximum absolute atomic E-state index is 12.2. The van der Waals surface area contributed by atoms with Gasteiger partial charge in [-0.05, 0) is 55.5 Å². The summed E-state index contributed by atoms with van der Waals surface area (Å²) in [4.78, 5) is 25.1. The molecule has 2 aromatic carbocycles. The van der Waals surface area contributed by atoms with Gasteiger partial charge in [0, 0.05) is 25.3 Å². The Bertz CT molecular complexity index is 726. The fraction of sp³-hybridized carbons (Fsp3) is 0.263. The molecule has 6 heteroatoms. The highest BCUT2D eigenvalue weighted by Crippen LogP contribution is 2.20. The summed E-state index contributed by atoms with van der Waals surface area (Å²) in [5.41, 5.74) is 1.39. The Hall–Kier alpha value is -3.02. The molecule has 0 spiro atoms. The number of hydrogen-bond acceptors (Lipinski definition) is 4. The van der Waals surface area contributed by atoms with Crippen molar-refractivity contribution in [1.29, 1.82) is 0 Å². The summed E-state index contributed by atoms with van der Waals surface area (Å²) in [6.07, 6.45) is -0.659. The number of carbonyl (C=O) groups is 2. The fourth-order valence-electron chi connectivity index (χ4n) is 2.11. The van der Waals surface area contributed by atoms with Crippen LogP contribution in [0.4, 0.5) is 11.4 Å². The molecule has 0 aliphatic rings. The molecule has 0 bridgehead atoms. The van der Waals surface area contributed by atoms with Crippen molar-refractivity contribution in [2.24, 2.45) is 0 Å². The van der Waals surface area contributed by atoms with Gasteiger partial charge >= 0.3 is 0 Å². The maximum Gasteiger partial charge on any atom is 0.265 e. The lowest BCUT2D eigenvalue weighted by atomic mass is 10.2. The molecule has 0 fully saturated rings. The van der Waals surface area contributed by atoms with Crippen molar-refractivity contribution in [3.63, 3.8) is 0 Å². The van der Waals surface area contributed by atoms with Crippen LogP contribution in [0.25, 0.3) is 0 Å². The van der Waals surface area contributed by atoms with Gasteiger partial charge in [-0.1, -0.05) is 0 Å². The van der Waals surface area contributed by atoms with Crippen molar-refractivity contribution in [3.8, 4) is 11.5 Å². The smallest absolute Gasteiger partial charge is 0.265 e. The third-order valence-electron chi connectivity index (χ3n) is 3.74. The Kier molecular flexibility index (Phi) is 6.00. The van der Waals surface area contributed by atoms with Crippen molar-refractivity contribution in [2.45, 2.75) is 20.0 Å². The molecule has 1 N–H and O–H groups in total. The number of benzene rings is 2. The molecular weight excluding hydrogens is 320 g/mol. The second-order valence-electron chi connectivity index (χ2n) is 5.55. The molecule has 0 aliphatic heterocycles. The summed E-state index contributed by atoms with van der Waals surface area (Å²) in [7, 11) is 3.28. The molecule has 0 heterocycles. The first-order valence-electron chi connectivity index (χ1n) is 7.86. The lowest BCUT2D eigenvalue weighted by molar-refractivity contribution is -0.122. The molecule has 2 amide bonds. The number of hydrogen-bond donors (Lipinski definition) is 1. The summed E-state index contributed by atoms with van der Waals surface area (Å²) in [5.74, 6) is 0.990. The Balaban J connectivity index is 1.94. The second-order valence-corrected chi connectivity index (χ2v) is 5.55. The summed E-state index contributed by atoms with van der Waals surface area (Å²) in [5, 5.41) is 2.79. The summed E-state index contributed by atoms with van der Waals surface area (Å²) in [6, 6.07) is 14.1. The number of methoxy groups -OCH3 is 1. The zero-order chi connectivity index (χ0) is 18.4. The molecule has 0 unspecified atom stereocenters. The third kappa shape index (κ3) is 4.97. The number of ether oxygens (including phenoxy) is 2. The van der Waals surface area contributed by atoms with Gasteiger partial charge in [-0.3, -0.25) is 9.59 Å². The van der Waals surface area contributed by atoms with Gasteiger partial charge in [0.25, 0.3) is 5.91 Å². The first kappa shape index (κ1) is 18.3. The van der Waals surface area contributed by atoms with Gasteiger partial charge < -0.3 is 19.7 Å². The highest BCUT2D eigenvalue weighted by Gasteiger charge is 2.15. The molecule has 1 atom stereocenters. The van der Waals surface area contributed by atoms with E-state index < -0.39 is 6.10 Å². The maximum atomic E-state index is 12.2. The lowest BCUT2D eigenvalue weighted by Gasteiger charge is -2.17. The minimum atomic E-state index is -0.659. The number of nitrogens with one attached hydrogen (secondary N) is 1. The monoisotopic (exact) mass is 342 g/mol. The van der Waals surface area contributed by atoms with Crippen molar-refractivity contribution in [3.05, 3.63) is 48.5 Å². The molecule has 2 aromatic rings. The van der Waals surface area contributed by atoms with Crippen LogP contribution in [-0.4, -0.2) is 32.1 Å². The van der Waals surface area contributed by atoms with Crippen LogP contribution in [0, 0.1) is 0 Å². The molecule has 6 nitrogen and oxygen atoms in total. The van der Waals surface area contributed by atoms with Gasteiger partial charge in [0.2, 0.25) is 5.91 Å². The van der Waals surface area contributed by atoms with E-state index in [0.29, 0.717) is 11.4 Å². The summed E-state index contributed by atoms with van der Waals surface area (Å²) < 4.78 is 10.7. The molecule has 0 saturated heterocycles. The minimum Gasteiger partial charge on any atom is -0.497 e. The SMILES string of the molecule is COc1ccc(O[C@H](C)C(=O)Nc2ccc(N(C)C(C)=O)cc2)cc1. The Labute approximate surface area is 147 Å². The van der Waals surface area contributed by atoms with Gasteiger partial charge in [0.15, 0.2) is 6.10 Å². The van der Waals surface area contributed by atoms with Crippen LogP contribution in [0.3, 0.4) is 0 Å². The molecule has 0 radical (unpaired) electrons. The second kappa shape index (κ2) is 8.19. The van der Waals surface area contributed by atoms with Gasteiger partial charge in [-0.25, -0.2) is 0 Å². The largest absolute Gasteiger partial charge is 0.497 e. The van der Waals surface area contributed by atoms with Crippen LogP contribution >= 0.6 is 0 Å². The predicted molar refractivity (Wildman–Crippen MR) is 97.2 cm³/mol. The van der Waals surface area contributed by atoms with E-state index in [1.165, 1.54) is 11.8 Å². The van der Waals surface area contributed by atoms with Crippen LogP contribution in [0.15, 0.2) is 48.5 Å². The number of amides is 2. The van der Waals surface area contributed by atoms with E-state index >= 15 is 0 Å². The molecule has 0 saturated carbocycles. The molecule has 25 heavy (non-hydrogen) atoms. The van der Waals surface area contributed by atoms with Crippen molar-refractivity contribution in [2.75, 3.05) is 24.4 Å². The van der Waals surface area contributed by atoms with Crippen LogP contribution < -0.4 is 19.7 Å². The quantitative estimate of drug-likeness (QED) is 0.876. The molecule has 2 rings (SSSR count). The van der Waals surface area contributed by atoms with E-state index in [2.05, 4.69) is 5.32 Å². The first-order valence-corrected chi connectivity index (χ1v) is 7.86. The molecule has 0 aromatic heterocycles. The fourth-order valence-corrected chi connectivity index (χ4v) is 2.11. The van der Waals surface area contributed by atoms with Gasteiger partial charge in [-0.2, -0.15) is 0 Å². The van der Waals surface area contributed by atoms with Crippen LogP contribution in [0.5, 0.6) is 11.5 Å². The Morgan fingerprint density at radius 1 is 1.00 bits per heavy atom. The van der Waals surface area contributed by atoms with E-state index in [1.54, 1.807) is 69.6 Å². The molecule has 0 aliphatic carbocycles. The van der Waals surface area contributed by atoms with E-state index in [0.717, 1.165) is 11.4 Å². The van der Waals surface area contributed by atoms with E-state index in [4.69, 9.17) is 9.47 Å². The van der Waals surface area contributed by atoms with Crippen LogP contribution in [-0.2, 0) is 9.59 Å². The summed E-state index contributed by atoms with van der Waals surface area (Å²) >= 11 is 0. The highest BCUT2D eigenvalue weighted by molar-refractivity contribution is 5.95. The van der Waals surface area contributed by atoms with Gasteiger partial charge in [-0.15, -0.1) is 0 Å². The zero-order valence-corrected chi connectivity index (χ0v) is 14.8. The van der Waals surface area contributed by atoms with Crippen molar-refractivity contribution < 1.29 is 19.1 Å². The van der Waals surface area contributed by atoms with Gasteiger partial charge in [0.1, 0.15) is 11.5 Å². The van der Waals surface area contributed by atoms with Gasteiger partial charge in [0.05, 0.1) is 7.11 Å². The molecular formula is C19H22N2O4. The normalized spacial score (nSPS) is 11.4. The average molecular weight is 342 g/mol. The first-order chi connectivity index (χ1) is 11.9. The van der Waals surface area contributed by atoms with Crippen LogP contribution in [0.1, 0.15) is 13.8 Å². The number of rotatable bonds is 6. The Morgan fingerprint density at radius 3 is 2.08 bits per heavy atom. The third-order valence-corrected chi connectivity index (χ3v) is 3.74. The lowest BCUT2D eigenvalue weighted by Crippen LogP contribution is -2.30. The standard InChI is InChI=1S/C19H22N2O4/c1-13(25-18-11-9-17(24-4)10-12-18)19(23)20-15-5-7-16(8-6-15)21(3)14(2)22/h5-13H,1-4H3,(H,20,23)/t13-/m1/s1. The zero-order valence-electron chi connectivity index (χ0n) is 14.8. The Morgan fingerprint density at radius 2 is 1.56 bits per heavy atom. The highest BCUT2D eigenvalue weighted by atomic mass is 16.5. The van der Waals surface area contributed by atoms with E-state index in [1.807, 2.05) is 0 Å². The number of carbonyl (C=O) groups excluding carboxylic acids is 2. The van der Waals surface area contributed by atoms with Crippen LogP contribution in [0.2, 0.25) is 0 Å².